The van der Waals surface area contributed by atoms with Gasteiger partial charge in [0.2, 0.25) is 0 Å². The topological polar surface area (TPSA) is 23.6 Å². The Morgan fingerprint density at radius 2 is 1.76 bits per heavy atom. The minimum atomic E-state index is -0.0778. The summed E-state index contributed by atoms with van der Waals surface area (Å²) in [5.41, 5.74) is 1.24. The fourth-order valence-electron chi connectivity index (χ4n) is 2.83. The van der Waals surface area contributed by atoms with E-state index in [0.717, 1.165) is 57.3 Å². The predicted molar refractivity (Wildman–Crippen MR) is 90.5 cm³/mol. The first-order valence-electron chi connectivity index (χ1n) is 8.15. The number of nitrogens with zero attached hydrogens (tertiary/aromatic N) is 2. The molecule has 0 radical (unpaired) electrons. The van der Waals surface area contributed by atoms with Gasteiger partial charge in [0.25, 0.3) is 0 Å². The largest absolute Gasteiger partial charge is 0.307 e. The minimum absolute atomic E-state index is 0.0778. The molecule has 0 spiro atoms. The molecular formula is C18H32N2O. The number of rotatable bonds is 9. The number of hydrogen-bond acceptors (Lipinski definition) is 3. The molecule has 3 nitrogen and oxygen atoms in total. The molecule has 1 atom stereocenters. The Labute approximate surface area is 130 Å². The third kappa shape index (κ3) is 5.40. The van der Waals surface area contributed by atoms with Crippen LogP contribution in [0.5, 0.6) is 0 Å². The van der Waals surface area contributed by atoms with E-state index in [1.807, 2.05) is 0 Å². The number of hydrogen-bond donors (Lipinski definition) is 0. The summed E-state index contributed by atoms with van der Waals surface area (Å²) in [6.45, 7) is 12.9. The Bertz CT molecular complexity index is 361. The van der Waals surface area contributed by atoms with Gasteiger partial charge in [-0.2, -0.15) is 0 Å². The zero-order chi connectivity index (χ0) is 15.9. The molecule has 1 aliphatic rings. The molecule has 0 aromatic rings. The van der Waals surface area contributed by atoms with Crippen molar-refractivity contribution in [3.05, 3.63) is 24.3 Å². The highest BCUT2D eigenvalue weighted by atomic mass is 16.1. The summed E-state index contributed by atoms with van der Waals surface area (Å²) < 4.78 is 0. The van der Waals surface area contributed by atoms with Gasteiger partial charge in [0.05, 0.1) is 5.92 Å². The summed E-state index contributed by atoms with van der Waals surface area (Å²) in [5.74, 6) is -0.0778. The SMILES string of the molecule is C=C1CC(CCN(C)CC)(CCN(C)CC)C=CC1C=O. The second-order valence-electron chi connectivity index (χ2n) is 6.51. The van der Waals surface area contributed by atoms with Crippen molar-refractivity contribution in [1.29, 1.82) is 0 Å². The number of carbonyl (C=O) groups is 1. The highest BCUT2D eigenvalue weighted by molar-refractivity contribution is 5.62. The second kappa shape index (κ2) is 8.50. The van der Waals surface area contributed by atoms with Crippen molar-refractivity contribution >= 4 is 6.29 Å². The Hall–Kier alpha value is -0.930. The van der Waals surface area contributed by atoms with Crippen LogP contribution < -0.4 is 0 Å². The monoisotopic (exact) mass is 292 g/mol. The molecule has 0 amide bonds. The first kappa shape index (κ1) is 18.1. The summed E-state index contributed by atoms with van der Waals surface area (Å²) in [6, 6.07) is 0. The van der Waals surface area contributed by atoms with Gasteiger partial charge in [0.1, 0.15) is 6.29 Å². The number of carbonyl (C=O) groups excluding carboxylic acids is 1. The summed E-state index contributed by atoms with van der Waals surface area (Å²) in [6.07, 6.45) is 8.59. The van der Waals surface area contributed by atoms with E-state index in [2.05, 4.69) is 56.5 Å². The van der Waals surface area contributed by atoms with Crippen molar-refractivity contribution in [2.75, 3.05) is 40.3 Å². The fraction of sp³-hybridized carbons (Fsp3) is 0.722. The van der Waals surface area contributed by atoms with E-state index in [-0.39, 0.29) is 11.3 Å². The summed E-state index contributed by atoms with van der Waals surface area (Å²) in [4.78, 5) is 15.8. The molecule has 0 aliphatic heterocycles. The molecule has 3 heteroatoms. The lowest BCUT2D eigenvalue weighted by Gasteiger charge is -2.38. The van der Waals surface area contributed by atoms with E-state index in [1.165, 1.54) is 0 Å². The summed E-state index contributed by atoms with van der Waals surface area (Å²) >= 11 is 0. The van der Waals surface area contributed by atoms with Gasteiger partial charge in [0, 0.05) is 0 Å². The first-order valence-corrected chi connectivity index (χ1v) is 8.15. The van der Waals surface area contributed by atoms with Crippen molar-refractivity contribution in [2.24, 2.45) is 11.3 Å². The van der Waals surface area contributed by atoms with Gasteiger partial charge >= 0.3 is 0 Å². The number of allylic oxidation sites excluding steroid dienone is 3. The highest BCUT2D eigenvalue weighted by Crippen LogP contribution is 2.41. The predicted octanol–water partition coefficient (Wildman–Crippen LogP) is 2.99. The Balaban J connectivity index is 2.79. The lowest BCUT2D eigenvalue weighted by atomic mass is 9.69. The Morgan fingerprint density at radius 1 is 1.24 bits per heavy atom. The smallest absolute Gasteiger partial charge is 0.130 e. The zero-order valence-electron chi connectivity index (χ0n) is 14.3. The standard InChI is InChI=1S/C18H32N2O/c1-6-19(4)12-10-18(11-13-20(5)7-2)9-8-17(15-21)16(3)14-18/h8-9,15,17H,3,6-7,10-14H2,1-2,4-5H3. The molecule has 1 rings (SSSR count). The fourth-order valence-corrected chi connectivity index (χ4v) is 2.83. The molecule has 0 heterocycles. The van der Waals surface area contributed by atoms with E-state index >= 15 is 0 Å². The van der Waals surface area contributed by atoms with Crippen LogP contribution in [-0.4, -0.2) is 56.4 Å². The molecule has 0 bridgehead atoms. The molecule has 120 valence electrons. The summed E-state index contributed by atoms with van der Waals surface area (Å²) in [5, 5.41) is 0. The molecule has 0 aromatic heterocycles. The normalized spacial score (nSPS) is 21.2. The molecule has 0 aromatic carbocycles. The van der Waals surface area contributed by atoms with E-state index in [4.69, 9.17) is 0 Å². The van der Waals surface area contributed by atoms with E-state index in [1.54, 1.807) is 0 Å². The molecule has 1 unspecified atom stereocenters. The first-order chi connectivity index (χ1) is 9.96. The maximum atomic E-state index is 11.1. The van der Waals surface area contributed by atoms with Crippen LogP contribution in [0.1, 0.15) is 33.1 Å². The van der Waals surface area contributed by atoms with Crippen LogP contribution in [0.4, 0.5) is 0 Å². The van der Waals surface area contributed by atoms with E-state index in [0.29, 0.717) is 0 Å². The van der Waals surface area contributed by atoms with Gasteiger partial charge in [-0.05, 0) is 65.0 Å². The van der Waals surface area contributed by atoms with Crippen molar-refractivity contribution in [2.45, 2.75) is 33.1 Å². The van der Waals surface area contributed by atoms with Crippen LogP contribution >= 0.6 is 0 Å². The second-order valence-corrected chi connectivity index (χ2v) is 6.51. The quantitative estimate of drug-likeness (QED) is 0.482. The molecular weight excluding hydrogens is 260 g/mol. The molecule has 0 saturated carbocycles. The molecule has 1 aliphatic carbocycles. The van der Waals surface area contributed by atoms with Crippen LogP contribution in [0.25, 0.3) is 0 Å². The molecule has 21 heavy (non-hydrogen) atoms. The van der Waals surface area contributed by atoms with Crippen LogP contribution in [0, 0.1) is 11.3 Å². The Morgan fingerprint density at radius 3 is 2.14 bits per heavy atom. The highest BCUT2D eigenvalue weighted by Gasteiger charge is 2.33. The number of aldehydes is 1. The van der Waals surface area contributed by atoms with Gasteiger partial charge in [-0.25, -0.2) is 0 Å². The van der Waals surface area contributed by atoms with E-state index in [9.17, 15) is 4.79 Å². The van der Waals surface area contributed by atoms with Crippen molar-refractivity contribution in [3.8, 4) is 0 Å². The zero-order valence-corrected chi connectivity index (χ0v) is 14.3. The van der Waals surface area contributed by atoms with Gasteiger partial charge in [-0.3, -0.25) is 0 Å². The van der Waals surface area contributed by atoms with Crippen molar-refractivity contribution in [1.82, 2.24) is 9.80 Å². The third-order valence-corrected chi connectivity index (χ3v) is 4.92. The minimum Gasteiger partial charge on any atom is -0.307 e. The summed E-state index contributed by atoms with van der Waals surface area (Å²) in [7, 11) is 4.34. The Kier molecular flexibility index (Phi) is 7.33. The van der Waals surface area contributed by atoms with Gasteiger partial charge in [-0.1, -0.05) is 38.2 Å². The lowest BCUT2D eigenvalue weighted by molar-refractivity contribution is -0.109. The van der Waals surface area contributed by atoms with Crippen LogP contribution in [0.2, 0.25) is 0 Å². The third-order valence-electron chi connectivity index (χ3n) is 4.92. The van der Waals surface area contributed by atoms with Crippen molar-refractivity contribution < 1.29 is 4.79 Å². The average Bonchev–Trinajstić information content (AvgIpc) is 2.50. The van der Waals surface area contributed by atoms with Gasteiger partial charge in [0.15, 0.2) is 0 Å². The van der Waals surface area contributed by atoms with Gasteiger partial charge < -0.3 is 14.6 Å². The van der Waals surface area contributed by atoms with Crippen LogP contribution in [-0.2, 0) is 4.79 Å². The van der Waals surface area contributed by atoms with Gasteiger partial charge in [-0.15, -0.1) is 0 Å². The average molecular weight is 292 g/mol. The lowest BCUT2D eigenvalue weighted by Crippen LogP contribution is -2.33. The maximum Gasteiger partial charge on any atom is 0.130 e. The molecule has 0 N–H and O–H groups in total. The molecule has 0 saturated heterocycles. The molecule has 0 fully saturated rings. The van der Waals surface area contributed by atoms with Crippen LogP contribution in [0.3, 0.4) is 0 Å². The van der Waals surface area contributed by atoms with Crippen molar-refractivity contribution in [3.63, 3.8) is 0 Å². The van der Waals surface area contributed by atoms with Crippen LogP contribution in [0.15, 0.2) is 24.3 Å². The maximum absolute atomic E-state index is 11.1. The van der Waals surface area contributed by atoms with E-state index < -0.39 is 0 Å².